The lowest BCUT2D eigenvalue weighted by atomic mass is 10.2. The Balaban J connectivity index is 2.44. The summed E-state index contributed by atoms with van der Waals surface area (Å²) in [6.07, 6.45) is 0.322. The van der Waals surface area contributed by atoms with E-state index in [0.29, 0.717) is 9.99 Å². The number of aromatic nitrogens is 2. The number of halogens is 1. The Hall–Kier alpha value is -1.36. The second-order valence-electron chi connectivity index (χ2n) is 3.98. The average molecular weight is 379 g/mol. The molecule has 19 heavy (non-hydrogen) atoms. The third-order valence-corrected chi connectivity index (χ3v) is 3.54. The summed E-state index contributed by atoms with van der Waals surface area (Å²) in [6, 6.07) is -0.610. The normalized spacial score (nSPS) is 26.1. The second-order valence-corrected chi connectivity index (χ2v) is 5.14. The summed E-state index contributed by atoms with van der Waals surface area (Å²) in [5.74, 6) is 0. The zero-order chi connectivity index (χ0) is 14.0. The molecule has 102 valence electrons. The van der Waals surface area contributed by atoms with E-state index in [9.17, 15) is 9.59 Å². The van der Waals surface area contributed by atoms with Gasteiger partial charge in [0.2, 0.25) is 0 Å². The molecule has 2 rings (SSSR count). The molecule has 1 fully saturated rings. The standard InChI is InChI=1S/C9H10IN5O4/c10-5-2-15(9(18)12-7(5)17)8-6(13-14-11)1-4(3-16)19-8/h2,4,6,8,16H,1,3H2,(H,12,17,18)/t4-,6?,8+/m0/s1. The number of H-pyrrole nitrogens is 1. The Morgan fingerprint density at radius 3 is 3.05 bits per heavy atom. The van der Waals surface area contributed by atoms with Crippen LogP contribution in [0.5, 0.6) is 0 Å². The van der Waals surface area contributed by atoms with Crippen LogP contribution < -0.4 is 11.2 Å². The fourth-order valence-corrected chi connectivity index (χ4v) is 2.35. The van der Waals surface area contributed by atoms with E-state index in [1.165, 1.54) is 6.20 Å². The molecule has 0 aromatic carbocycles. The molecule has 2 heterocycles. The lowest BCUT2D eigenvalue weighted by Crippen LogP contribution is -2.36. The largest absolute Gasteiger partial charge is 0.394 e. The lowest BCUT2D eigenvalue weighted by Gasteiger charge is -2.17. The topological polar surface area (TPSA) is 133 Å². The number of ether oxygens (including phenoxy) is 1. The predicted octanol–water partition coefficient (Wildman–Crippen LogP) is 0.0999. The van der Waals surface area contributed by atoms with Crippen molar-refractivity contribution in [3.05, 3.63) is 41.0 Å². The van der Waals surface area contributed by atoms with Crippen LogP contribution in [0.2, 0.25) is 0 Å². The summed E-state index contributed by atoms with van der Waals surface area (Å²) >= 11 is 1.78. The number of aliphatic hydroxyl groups excluding tert-OH is 1. The van der Waals surface area contributed by atoms with Gasteiger partial charge in [-0.3, -0.25) is 14.3 Å². The summed E-state index contributed by atoms with van der Waals surface area (Å²) in [4.78, 5) is 27.9. The average Bonchev–Trinajstić information content (AvgIpc) is 2.77. The zero-order valence-corrected chi connectivity index (χ0v) is 11.7. The van der Waals surface area contributed by atoms with E-state index in [2.05, 4.69) is 15.0 Å². The quantitative estimate of drug-likeness (QED) is 0.334. The monoisotopic (exact) mass is 379 g/mol. The minimum atomic E-state index is -0.828. The van der Waals surface area contributed by atoms with Gasteiger partial charge < -0.3 is 9.84 Å². The van der Waals surface area contributed by atoms with E-state index in [1.807, 2.05) is 0 Å². The van der Waals surface area contributed by atoms with Gasteiger partial charge in [-0.25, -0.2) is 4.79 Å². The molecule has 1 aliphatic heterocycles. The van der Waals surface area contributed by atoms with Gasteiger partial charge in [0.25, 0.3) is 5.56 Å². The molecule has 0 spiro atoms. The first kappa shape index (κ1) is 14.1. The number of aromatic amines is 1. The Morgan fingerprint density at radius 2 is 2.42 bits per heavy atom. The van der Waals surface area contributed by atoms with Crippen molar-refractivity contribution in [2.45, 2.75) is 24.8 Å². The molecule has 0 aliphatic carbocycles. The van der Waals surface area contributed by atoms with Crippen LogP contribution in [0.3, 0.4) is 0 Å². The molecule has 0 amide bonds. The van der Waals surface area contributed by atoms with Crippen molar-refractivity contribution in [1.29, 1.82) is 0 Å². The molecular formula is C9H10IN5O4. The van der Waals surface area contributed by atoms with Gasteiger partial charge in [0.15, 0.2) is 0 Å². The lowest BCUT2D eigenvalue weighted by molar-refractivity contribution is -0.0280. The molecule has 0 radical (unpaired) electrons. The van der Waals surface area contributed by atoms with Gasteiger partial charge >= 0.3 is 5.69 Å². The summed E-state index contributed by atoms with van der Waals surface area (Å²) in [5.41, 5.74) is 7.38. The molecular weight excluding hydrogens is 369 g/mol. The zero-order valence-electron chi connectivity index (χ0n) is 9.56. The van der Waals surface area contributed by atoms with Crippen LogP contribution in [-0.4, -0.2) is 33.4 Å². The summed E-state index contributed by atoms with van der Waals surface area (Å²) in [5, 5.41) is 12.6. The molecule has 1 aromatic rings. The second kappa shape index (κ2) is 5.74. The highest BCUT2D eigenvalue weighted by Crippen LogP contribution is 2.30. The van der Waals surface area contributed by atoms with Gasteiger partial charge in [0.05, 0.1) is 22.3 Å². The number of hydrogen-bond acceptors (Lipinski definition) is 5. The van der Waals surface area contributed by atoms with E-state index in [1.54, 1.807) is 22.6 Å². The van der Waals surface area contributed by atoms with Crippen LogP contribution in [0.25, 0.3) is 10.4 Å². The number of hydrogen-bond donors (Lipinski definition) is 2. The summed E-state index contributed by atoms with van der Waals surface area (Å²) in [7, 11) is 0. The highest BCUT2D eigenvalue weighted by molar-refractivity contribution is 14.1. The van der Waals surface area contributed by atoms with E-state index in [4.69, 9.17) is 15.4 Å². The van der Waals surface area contributed by atoms with Crippen molar-refractivity contribution in [1.82, 2.24) is 9.55 Å². The van der Waals surface area contributed by atoms with Crippen LogP contribution in [0.1, 0.15) is 12.6 Å². The molecule has 3 atom stereocenters. The molecule has 1 unspecified atom stereocenters. The van der Waals surface area contributed by atoms with Crippen molar-refractivity contribution in [2.24, 2.45) is 5.11 Å². The summed E-state index contributed by atoms with van der Waals surface area (Å²) in [6.45, 7) is -0.233. The molecule has 0 saturated carbocycles. The van der Waals surface area contributed by atoms with Gasteiger partial charge in [0.1, 0.15) is 6.23 Å². The third-order valence-electron chi connectivity index (χ3n) is 2.77. The maximum atomic E-state index is 11.8. The molecule has 2 N–H and O–H groups in total. The minimum Gasteiger partial charge on any atom is -0.394 e. The van der Waals surface area contributed by atoms with Crippen molar-refractivity contribution in [3.63, 3.8) is 0 Å². The first-order valence-corrected chi connectivity index (χ1v) is 6.46. The van der Waals surface area contributed by atoms with Crippen molar-refractivity contribution >= 4 is 22.6 Å². The number of rotatable bonds is 3. The number of azide groups is 1. The van der Waals surface area contributed by atoms with Crippen molar-refractivity contribution < 1.29 is 9.84 Å². The van der Waals surface area contributed by atoms with E-state index < -0.39 is 29.6 Å². The molecule has 9 nitrogen and oxygen atoms in total. The summed E-state index contributed by atoms with van der Waals surface area (Å²) < 4.78 is 6.94. The number of aliphatic hydroxyl groups is 1. The van der Waals surface area contributed by atoms with Crippen LogP contribution in [0.4, 0.5) is 0 Å². The van der Waals surface area contributed by atoms with Gasteiger partial charge in [0, 0.05) is 11.1 Å². The predicted molar refractivity (Wildman–Crippen MR) is 72.6 cm³/mol. The van der Waals surface area contributed by atoms with E-state index in [-0.39, 0.29) is 6.61 Å². The van der Waals surface area contributed by atoms with E-state index >= 15 is 0 Å². The fourth-order valence-electron chi connectivity index (χ4n) is 1.92. The number of nitrogens with zero attached hydrogens (tertiary/aromatic N) is 4. The Kier molecular flexibility index (Phi) is 4.24. The van der Waals surface area contributed by atoms with Gasteiger partial charge in [-0.1, -0.05) is 5.11 Å². The Labute approximate surface area is 120 Å². The Morgan fingerprint density at radius 1 is 1.68 bits per heavy atom. The fraction of sp³-hybridized carbons (Fsp3) is 0.556. The molecule has 0 bridgehead atoms. The van der Waals surface area contributed by atoms with Crippen LogP contribution in [0, 0.1) is 3.57 Å². The van der Waals surface area contributed by atoms with Crippen molar-refractivity contribution in [3.8, 4) is 0 Å². The minimum absolute atomic E-state index is 0.233. The third kappa shape index (κ3) is 2.81. The maximum Gasteiger partial charge on any atom is 0.330 e. The van der Waals surface area contributed by atoms with Gasteiger partial charge in [-0.05, 0) is 34.5 Å². The molecule has 1 saturated heterocycles. The van der Waals surface area contributed by atoms with Crippen LogP contribution in [-0.2, 0) is 4.74 Å². The molecule has 10 heteroatoms. The first-order chi connectivity index (χ1) is 9.06. The van der Waals surface area contributed by atoms with Gasteiger partial charge in [-0.15, -0.1) is 0 Å². The SMILES string of the molecule is [N-]=[N+]=NC1C[C@@H](CO)O[C@H]1n1cc(I)c(=O)[nH]c1=O. The highest BCUT2D eigenvalue weighted by Gasteiger charge is 2.36. The first-order valence-electron chi connectivity index (χ1n) is 5.38. The number of nitrogens with one attached hydrogen (secondary N) is 1. The molecule has 1 aromatic heterocycles. The van der Waals surface area contributed by atoms with Crippen molar-refractivity contribution in [2.75, 3.05) is 6.61 Å². The van der Waals surface area contributed by atoms with Crippen LogP contribution >= 0.6 is 22.6 Å². The van der Waals surface area contributed by atoms with Gasteiger partial charge in [-0.2, -0.15) is 0 Å². The highest BCUT2D eigenvalue weighted by atomic mass is 127. The van der Waals surface area contributed by atoms with Crippen LogP contribution in [0.15, 0.2) is 20.9 Å². The smallest absolute Gasteiger partial charge is 0.330 e. The maximum absolute atomic E-state index is 11.8. The molecule has 1 aliphatic rings. The van der Waals surface area contributed by atoms with E-state index in [0.717, 1.165) is 4.57 Å². The Bertz CT molecular complexity index is 634.